The van der Waals surface area contributed by atoms with Gasteiger partial charge in [-0.25, -0.2) is 0 Å². The van der Waals surface area contributed by atoms with Crippen molar-refractivity contribution in [2.45, 2.75) is 19.8 Å². The van der Waals surface area contributed by atoms with Crippen LogP contribution in [0.2, 0.25) is 0 Å². The molecule has 2 aliphatic carbocycles. The van der Waals surface area contributed by atoms with E-state index in [0.29, 0.717) is 0 Å². The fourth-order valence-corrected chi connectivity index (χ4v) is 9.51. The first-order chi connectivity index (χ1) is 12.3. The zero-order chi connectivity index (χ0) is 16.3. The first-order valence-corrected chi connectivity index (χ1v) is 11.8. The average molecular weight is 393 g/mol. The monoisotopic (exact) mass is 392 g/mol. The molecule has 0 N–H and O–H groups in total. The van der Waals surface area contributed by atoms with E-state index in [-0.39, 0.29) is 0 Å². The predicted octanol–water partition coefficient (Wildman–Crippen LogP) is 7.69. The Kier molecular flexibility index (Phi) is 2.43. The molecule has 0 saturated carbocycles. The third kappa shape index (κ3) is 1.62. The Labute approximate surface area is 161 Å². The van der Waals surface area contributed by atoms with Crippen molar-refractivity contribution in [3.8, 4) is 20.9 Å². The summed E-state index contributed by atoms with van der Waals surface area (Å²) in [6.45, 7) is 2.23. The normalized spacial score (nSPS) is 14.3. The number of hydrogen-bond donors (Lipinski definition) is 0. The minimum atomic E-state index is 1.12. The van der Waals surface area contributed by atoms with Crippen LogP contribution in [0, 0.1) is 6.92 Å². The predicted molar refractivity (Wildman–Crippen MR) is 114 cm³/mol. The molecule has 4 heteroatoms. The largest absolute Gasteiger partial charge is 0.143 e. The molecule has 0 saturated heterocycles. The Morgan fingerprint density at radius 1 is 0.760 bits per heavy atom. The van der Waals surface area contributed by atoms with E-state index in [4.69, 9.17) is 0 Å². The number of aryl methyl sites for hydroxylation is 1. The summed E-state index contributed by atoms with van der Waals surface area (Å²) in [4.78, 5) is 4.51. The van der Waals surface area contributed by atoms with Crippen LogP contribution in [0.5, 0.6) is 0 Å². The molecule has 5 aromatic rings. The molecular weight excluding hydrogens is 380 g/mol. The Balaban J connectivity index is 1.46. The molecule has 0 fully saturated rings. The van der Waals surface area contributed by atoms with Crippen LogP contribution in [0.3, 0.4) is 0 Å². The molecule has 0 spiro atoms. The van der Waals surface area contributed by atoms with Gasteiger partial charge in [-0.15, -0.1) is 45.3 Å². The van der Waals surface area contributed by atoms with Crippen LogP contribution in [0.1, 0.15) is 27.1 Å². The number of thiophene rings is 4. The van der Waals surface area contributed by atoms with E-state index in [1.807, 2.05) is 45.3 Å². The number of benzene rings is 1. The number of hydrogen-bond acceptors (Lipinski definition) is 4. The van der Waals surface area contributed by atoms with Crippen molar-refractivity contribution >= 4 is 64.1 Å². The van der Waals surface area contributed by atoms with E-state index >= 15 is 0 Å². The summed E-state index contributed by atoms with van der Waals surface area (Å²) in [5.74, 6) is 0. The zero-order valence-corrected chi connectivity index (χ0v) is 16.7. The second-order valence-electron chi connectivity index (χ2n) is 7.00. The van der Waals surface area contributed by atoms with Crippen molar-refractivity contribution in [1.29, 1.82) is 0 Å². The minimum Gasteiger partial charge on any atom is -0.143 e. The molecule has 0 amide bonds. The molecule has 4 heterocycles. The minimum absolute atomic E-state index is 1.12. The fraction of sp³-hybridized carbons (Fsp3) is 0.143. The van der Waals surface area contributed by atoms with Crippen molar-refractivity contribution in [3.63, 3.8) is 0 Å². The lowest BCUT2D eigenvalue weighted by molar-refractivity contribution is 1.26. The van der Waals surface area contributed by atoms with E-state index < -0.39 is 0 Å². The summed E-state index contributed by atoms with van der Waals surface area (Å²) in [5.41, 5.74) is 9.27. The Hall–Kier alpha value is -1.46. The van der Waals surface area contributed by atoms with Gasteiger partial charge in [0.15, 0.2) is 0 Å². The molecule has 1 aromatic carbocycles. The Morgan fingerprint density at radius 2 is 1.44 bits per heavy atom. The van der Waals surface area contributed by atoms with E-state index in [9.17, 15) is 0 Å². The maximum Gasteiger partial charge on any atom is 0.0495 e. The van der Waals surface area contributed by atoms with Gasteiger partial charge in [-0.05, 0) is 69.9 Å². The summed E-state index contributed by atoms with van der Waals surface area (Å²) >= 11 is 7.86. The van der Waals surface area contributed by atoms with Gasteiger partial charge in [-0.3, -0.25) is 0 Å². The lowest BCUT2D eigenvalue weighted by Gasteiger charge is -2.05. The van der Waals surface area contributed by atoms with Crippen molar-refractivity contribution < 1.29 is 0 Å². The average Bonchev–Trinajstić information content (AvgIpc) is 3.34. The van der Waals surface area contributed by atoms with Crippen LogP contribution in [0.4, 0.5) is 0 Å². The van der Waals surface area contributed by atoms with Gasteiger partial charge in [0, 0.05) is 46.3 Å². The molecule has 2 aliphatic rings. The Bertz CT molecular complexity index is 1350. The first-order valence-electron chi connectivity index (χ1n) is 8.43. The third-order valence-electron chi connectivity index (χ3n) is 5.52. The van der Waals surface area contributed by atoms with Crippen LogP contribution in [0.25, 0.3) is 39.7 Å². The maximum absolute atomic E-state index is 2.51. The lowest BCUT2D eigenvalue weighted by Crippen LogP contribution is -1.86. The maximum atomic E-state index is 2.51. The highest BCUT2D eigenvalue weighted by Gasteiger charge is 2.30. The lowest BCUT2D eigenvalue weighted by atomic mass is 10.0. The number of fused-ring (bicyclic) bond motifs is 10. The highest BCUT2D eigenvalue weighted by atomic mass is 32.1. The highest BCUT2D eigenvalue weighted by Crippen LogP contribution is 2.54. The van der Waals surface area contributed by atoms with Crippen molar-refractivity contribution in [2.24, 2.45) is 0 Å². The van der Waals surface area contributed by atoms with Gasteiger partial charge in [-0.2, -0.15) is 0 Å². The van der Waals surface area contributed by atoms with E-state index in [2.05, 4.69) is 36.6 Å². The van der Waals surface area contributed by atoms with Crippen LogP contribution in [-0.4, -0.2) is 0 Å². The fourth-order valence-electron chi connectivity index (χ4n) is 4.47. The van der Waals surface area contributed by atoms with Gasteiger partial charge in [0.25, 0.3) is 0 Å². The van der Waals surface area contributed by atoms with E-state index in [0.717, 1.165) is 12.8 Å². The molecule has 0 unspecified atom stereocenters. The molecule has 7 rings (SSSR count). The summed E-state index contributed by atoms with van der Waals surface area (Å²) in [5, 5.41) is 2.23. The van der Waals surface area contributed by atoms with Gasteiger partial charge < -0.3 is 0 Å². The van der Waals surface area contributed by atoms with Crippen LogP contribution < -0.4 is 0 Å². The van der Waals surface area contributed by atoms with Gasteiger partial charge in [0.05, 0.1) is 0 Å². The van der Waals surface area contributed by atoms with Crippen LogP contribution in [-0.2, 0) is 12.8 Å². The Morgan fingerprint density at radius 3 is 2.20 bits per heavy atom. The molecule has 25 heavy (non-hydrogen) atoms. The van der Waals surface area contributed by atoms with Crippen LogP contribution in [0.15, 0.2) is 29.6 Å². The molecular formula is C21H12S4. The quantitative estimate of drug-likeness (QED) is 0.248. The second kappa shape index (κ2) is 4.44. The second-order valence-corrected chi connectivity index (χ2v) is 11.3. The van der Waals surface area contributed by atoms with Gasteiger partial charge in [0.2, 0.25) is 0 Å². The SMILES string of the molecule is Cc1cc2sc3c(c2s1)Cc1cc2c(cc1-3)Cc1c-2sc2ccsc12. The van der Waals surface area contributed by atoms with Gasteiger partial charge >= 0.3 is 0 Å². The standard InChI is InChI=1S/C21H12S4/c1-9-4-17-21(23-9)15-8-11-6-12-10(5-13(11)19(15)25-17)7-14-18(12)24-16-2-3-22-20(14)16/h2-6H,7-8H2,1H3. The zero-order valence-electron chi connectivity index (χ0n) is 13.4. The van der Waals surface area contributed by atoms with Crippen molar-refractivity contribution in [2.75, 3.05) is 0 Å². The molecule has 0 atom stereocenters. The van der Waals surface area contributed by atoms with E-state index in [1.165, 1.54) is 55.7 Å². The summed E-state index contributed by atoms with van der Waals surface area (Å²) in [7, 11) is 0. The molecule has 0 aliphatic heterocycles. The topological polar surface area (TPSA) is 0 Å². The van der Waals surface area contributed by atoms with Gasteiger partial charge in [0.1, 0.15) is 0 Å². The number of rotatable bonds is 0. The van der Waals surface area contributed by atoms with Gasteiger partial charge in [-0.1, -0.05) is 0 Å². The molecule has 4 aromatic heterocycles. The summed E-state index contributed by atoms with van der Waals surface area (Å²) in [6.07, 6.45) is 2.24. The molecule has 0 nitrogen and oxygen atoms in total. The molecule has 120 valence electrons. The van der Waals surface area contributed by atoms with Crippen LogP contribution >= 0.6 is 45.3 Å². The highest BCUT2D eigenvalue weighted by molar-refractivity contribution is 7.30. The smallest absolute Gasteiger partial charge is 0.0495 e. The van der Waals surface area contributed by atoms with Crippen molar-refractivity contribution in [3.05, 3.63) is 56.8 Å². The molecule has 0 bridgehead atoms. The third-order valence-corrected chi connectivity index (χ3v) is 10.3. The summed E-state index contributed by atoms with van der Waals surface area (Å²) < 4.78 is 6.00. The van der Waals surface area contributed by atoms with E-state index in [1.54, 1.807) is 11.1 Å². The van der Waals surface area contributed by atoms with Crippen molar-refractivity contribution in [1.82, 2.24) is 0 Å². The first kappa shape index (κ1) is 13.7. The summed E-state index contributed by atoms with van der Waals surface area (Å²) in [6, 6.07) is 9.66. The molecule has 0 radical (unpaired) electrons.